The zero-order chi connectivity index (χ0) is 12.1. The number of nitrogens with one attached hydrogen (secondary N) is 1. The van der Waals surface area contributed by atoms with Crippen LogP contribution in [-0.2, 0) is 11.2 Å². The summed E-state index contributed by atoms with van der Waals surface area (Å²) in [7, 11) is 1.99. The van der Waals surface area contributed by atoms with Crippen molar-refractivity contribution in [1.29, 1.82) is 0 Å². The molecule has 0 radical (unpaired) electrons. The summed E-state index contributed by atoms with van der Waals surface area (Å²) in [5.41, 5.74) is 1.31. The number of hydrogen-bond acceptors (Lipinski definition) is 3. The number of benzene rings is 1. The molecule has 1 aliphatic rings. The van der Waals surface area contributed by atoms with Gasteiger partial charge in [-0.05, 0) is 32.0 Å². The van der Waals surface area contributed by atoms with Gasteiger partial charge in [-0.2, -0.15) is 0 Å². The summed E-state index contributed by atoms with van der Waals surface area (Å²) in [5, 5.41) is 3.33. The maximum absolute atomic E-state index is 5.80. The molecule has 0 fully saturated rings. The van der Waals surface area contributed by atoms with Crippen LogP contribution < -0.4 is 10.1 Å². The van der Waals surface area contributed by atoms with Crippen LogP contribution in [0.2, 0.25) is 0 Å². The molecule has 1 aromatic carbocycles. The van der Waals surface area contributed by atoms with E-state index in [1.54, 1.807) is 0 Å². The van der Waals surface area contributed by atoms with E-state index in [1.807, 2.05) is 26.1 Å². The fourth-order valence-electron chi connectivity index (χ4n) is 2.31. The molecule has 94 valence electrons. The fourth-order valence-corrected chi connectivity index (χ4v) is 2.31. The molecule has 0 saturated carbocycles. The Morgan fingerprint density at radius 1 is 1.47 bits per heavy atom. The Labute approximate surface area is 103 Å². The molecule has 1 aromatic rings. The summed E-state index contributed by atoms with van der Waals surface area (Å²) < 4.78 is 11.3. The van der Waals surface area contributed by atoms with Gasteiger partial charge in [0, 0.05) is 18.6 Å². The molecule has 1 aliphatic heterocycles. The van der Waals surface area contributed by atoms with Crippen molar-refractivity contribution < 1.29 is 9.47 Å². The molecule has 1 heterocycles. The zero-order valence-electron chi connectivity index (χ0n) is 10.6. The van der Waals surface area contributed by atoms with Crippen LogP contribution in [0.15, 0.2) is 24.3 Å². The highest BCUT2D eigenvalue weighted by atomic mass is 16.5. The summed E-state index contributed by atoms with van der Waals surface area (Å²) >= 11 is 0. The van der Waals surface area contributed by atoms with Crippen LogP contribution >= 0.6 is 0 Å². The van der Waals surface area contributed by atoms with Crippen molar-refractivity contribution in [2.24, 2.45) is 5.92 Å². The van der Waals surface area contributed by atoms with Crippen LogP contribution in [0.25, 0.3) is 0 Å². The van der Waals surface area contributed by atoms with Crippen molar-refractivity contribution in [3.8, 4) is 5.75 Å². The van der Waals surface area contributed by atoms with Crippen molar-refractivity contribution in [2.45, 2.75) is 19.4 Å². The van der Waals surface area contributed by atoms with Crippen LogP contribution in [0.3, 0.4) is 0 Å². The van der Waals surface area contributed by atoms with E-state index in [0.717, 1.165) is 32.0 Å². The quantitative estimate of drug-likeness (QED) is 0.845. The summed E-state index contributed by atoms with van der Waals surface area (Å²) in [6, 6.07) is 8.65. The fraction of sp³-hybridized carbons (Fsp3) is 0.571. The highest BCUT2D eigenvalue weighted by molar-refractivity contribution is 5.35. The Bertz CT molecular complexity index is 354. The van der Waals surface area contributed by atoms with Crippen LogP contribution in [0.5, 0.6) is 5.75 Å². The van der Waals surface area contributed by atoms with Gasteiger partial charge in [-0.15, -0.1) is 0 Å². The van der Waals surface area contributed by atoms with Gasteiger partial charge in [0.05, 0.1) is 13.2 Å². The lowest BCUT2D eigenvalue weighted by Crippen LogP contribution is -2.43. The molecular weight excluding hydrogens is 214 g/mol. The third-order valence-corrected chi connectivity index (χ3v) is 3.35. The van der Waals surface area contributed by atoms with Gasteiger partial charge in [-0.3, -0.25) is 0 Å². The predicted molar refractivity (Wildman–Crippen MR) is 68.5 cm³/mol. The van der Waals surface area contributed by atoms with Gasteiger partial charge < -0.3 is 14.8 Å². The monoisotopic (exact) mass is 235 g/mol. The van der Waals surface area contributed by atoms with Crippen molar-refractivity contribution in [3.63, 3.8) is 0 Å². The Balaban J connectivity index is 2.00. The summed E-state index contributed by atoms with van der Waals surface area (Å²) in [6.07, 6.45) is 1.06. The molecule has 0 aliphatic carbocycles. The molecule has 3 heteroatoms. The van der Waals surface area contributed by atoms with Gasteiger partial charge in [0.15, 0.2) is 0 Å². The van der Waals surface area contributed by atoms with E-state index in [2.05, 4.69) is 17.4 Å². The Morgan fingerprint density at radius 3 is 3.06 bits per heavy atom. The van der Waals surface area contributed by atoms with Crippen LogP contribution in [0.4, 0.5) is 0 Å². The summed E-state index contributed by atoms with van der Waals surface area (Å²) in [6.45, 7) is 4.32. The Hall–Kier alpha value is -1.06. The first kappa shape index (κ1) is 12.4. The second-order valence-electron chi connectivity index (χ2n) is 4.44. The Morgan fingerprint density at radius 2 is 2.29 bits per heavy atom. The van der Waals surface area contributed by atoms with E-state index in [1.165, 1.54) is 5.56 Å². The first-order chi connectivity index (χ1) is 8.35. The molecule has 17 heavy (non-hydrogen) atoms. The second kappa shape index (κ2) is 6.03. The van der Waals surface area contributed by atoms with Gasteiger partial charge in [0.1, 0.15) is 5.75 Å². The number of rotatable bonds is 5. The van der Waals surface area contributed by atoms with Crippen LogP contribution in [0, 0.1) is 5.92 Å². The molecule has 3 nitrogen and oxygen atoms in total. The van der Waals surface area contributed by atoms with Gasteiger partial charge in [-0.1, -0.05) is 18.2 Å². The maximum atomic E-state index is 5.80. The van der Waals surface area contributed by atoms with Gasteiger partial charge in [0.2, 0.25) is 0 Å². The molecule has 2 rings (SSSR count). The van der Waals surface area contributed by atoms with Crippen molar-refractivity contribution in [2.75, 3.05) is 26.9 Å². The van der Waals surface area contributed by atoms with E-state index < -0.39 is 0 Å². The lowest BCUT2D eigenvalue weighted by Gasteiger charge is -2.31. The van der Waals surface area contributed by atoms with Crippen molar-refractivity contribution in [3.05, 3.63) is 29.8 Å². The topological polar surface area (TPSA) is 30.5 Å². The molecule has 0 spiro atoms. The van der Waals surface area contributed by atoms with Crippen molar-refractivity contribution in [1.82, 2.24) is 5.32 Å². The Kier molecular flexibility index (Phi) is 4.40. The number of likely N-dealkylation sites (N-methyl/N-ethyl adjacent to an activating group) is 1. The normalized spacial score (nSPS) is 20.5. The smallest absolute Gasteiger partial charge is 0.122 e. The van der Waals surface area contributed by atoms with Gasteiger partial charge >= 0.3 is 0 Å². The zero-order valence-corrected chi connectivity index (χ0v) is 10.6. The highest BCUT2D eigenvalue weighted by Gasteiger charge is 2.26. The average Bonchev–Trinajstić information content (AvgIpc) is 2.39. The van der Waals surface area contributed by atoms with E-state index in [9.17, 15) is 0 Å². The minimum atomic E-state index is 0.364. The van der Waals surface area contributed by atoms with Crippen LogP contribution in [-0.4, -0.2) is 32.9 Å². The molecule has 1 N–H and O–H groups in total. The predicted octanol–water partition coefficient (Wildman–Crippen LogP) is 1.86. The highest BCUT2D eigenvalue weighted by Crippen LogP contribution is 2.28. The second-order valence-corrected chi connectivity index (χ2v) is 4.44. The SMILES string of the molecule is CCOCC(NC)C1COc2ccccc2C1. The third-order valence-electron chi connectivity index (χ3n) is 3.35. The van der Waals surface area contributed by atoms with E-state index in [4.69, 9.17) is 9.47 Å². The first-order valence-electron chi connectivity index (χ1n) is 6.30. The maximum Gasteiger partial charge on any atom is 0.122 e. The van der Waals surface area contributed by atoms with Crippen molar-refractivity contribution >= 4 is 0 Å². The van der Waals surface area contributed by atoms with E-state index in [-0.39, 0.29) is 0 Å². The molecular formula is C14H21NO2. The molecule has 0 bridgehead atoms. The lowest BCUT2D eigenvalue weighted by molar-refractivity contribution is 0.0852. The average molecular weight is 235 g/mol. The molecule has 2 atom stereocenters. The van der Waals surface area contributed by atoms with Gasteiger partial charge in [0.25, 0.3) is 0 Å². The summed E-state index contributed by atoms with van der Waals surface area (Å²) in [5.74, 6) is 1.52. The number of ether oxygens (including phenoxy) is 2. The number of fused-ring (bicyclic) bond motifs is 1. The largest absolute Gasteiger partial charge is 0.493 e. The lowest BCUT2D eigenvalue weighted by atomic mass is 9.91. The number of para-hydroxylation sites is 1. The molecule has 0 aromatic heterocycles. The minimum absolute atomic E-state index is 0.364. The first-order valence-corrected chi connectivity index (χ1v) is 6.30. The molecule has 2 unspecified atom stereocenters. The van der Waals surface area contributed by atoms with Crippen LogP contribution in [0.1, 0.15) is 12.5 Å². The van der Waals surface area contributed by atoms with Gasteiger partial charge in [-0.25, -0.2) is 0 Å². The summed E-state index contributed by atoms with van der Waals surface area (Å²) in [4.78, 5) is 0. The van der Waals surface area contributed by atoms with E-state index >= 15 is 0 Å². The third kappa shape index (κ3) is 2.99. The molecule has 0 amide bonds. The number of hydrogen-bond donors (Lipinski definition) is 1. The standard InChI is InChI=1S/C14H21NO2/c1-3-16-10-13(15-2)12-8-11-6-4-5-7-14(11)17-9-12/h4-7,12-13,15H,3,8-10H2,1-2H3. The molecule has 0 saturated heterocycles. The minimum Gasteiger partial charge on any atom is -0.493 e. The van der Waals surface area contributed by atoms with E-state index in [0.29, 0.717) is 12.0 Å².